The molecule has 5 nitrogen and oxygen atoms in total. The van der Waals surface area contributed by atoms with Crippen molar-refractivity contribution in [1.82, 2.24) is 5.43 Å². The van der Waals surface area contributed by atoms with Gasteiger partial charge in [0.05, 0.1) is 17.8 Å². The van der Waals surface area contributed by atoms with Gasteiger partial charge in [-0.25, -0.2) is 5.43 Å². The first-order valence-corrected chi connectivity index (χ1v) is 8.15. The van der Waals surface area contributed by atoms with Crippen molar-refractivity contribution < 1.29 is 14.3 Å². The van der Waals surface area contributed by atoms with Gasteiger partial charge >= 0.3 is 0 Å². The summed E-state index contributed by atoms with van der Waals surface area (Å²) in [5, 5.41) is 3.92. The molecule has 2 rings (SSSR count). The molecule has 1 amide bonds. The summed E-state index contributed by atoms with van der Waals surface area (Å²) in [5.74, 6) is 1.12. The first-order valence-electron chi connectivity index (χ1n) is 7.35. The third-order valence-corrected chi connectivity index (χ3v) is 4.11. The smallest absolute Gasteiger partial charge is 0.277 e. The lowest BCUT2D eigenvalue weighted by atomic mass is 10.1. The number of carbonyl (C=O) groups is 1. The molecule has 0 saturated carbocycles. The number of hydrogen-bond acceptors (Lipinski definition) is 4. The fourth-order valence-electron chi connectivity index (χ4n) is 2.00. The molecule has 2 aromatic rings. The topological polar surface area (TPSA) is 59.9 Å². The van der Waals surface area contributed by atoms with Crippen LogP contribution in [0.3, 0.4) is 0 Å². The van der Waals surface area contributed by atoms with Crippen molar-refractivity contribution in [2.75, 3.05) is 13.7 Å². The van der Waals surface area contributed by atoms with Crippen molar-refractivity contribution >= 4 is 28.1 Å². The van der Waals surface area contributed by atoms with Crippen LogP contribution in [0.2, 0.25) is 0 Å². The summed E-state index contributed by atoms with van der Waals surface area (Å²) in [6, 6.07) is 11.2. The molecular formula is C18H19BrN2O3. The van der Waals surface area contributed by atoms with Gasteiger partial charge in [-0.15, -0.1) is 0 Å². The third-order valence-electron chi connectivity index (χ3n) is 3.49. The zero-order valence-corrected chi connectivity index (χ0v) is 15.4. The van der Waals surface area contributed by atoms with Crippen LogP contribution in [0.15, 0.2) is 46.0 Å². The van der Waals surface area contributed by atoms with Gasteiger partial charge in [0.2, 0.25) is 0 Å². The molecule has 24 heavy (non-hydrogen) atoms. The van der Waals surface area contributed by atoms with Crippen molar-refractivity contribution in [3.8, 4) is 11.5 Å². The highest BCUT2D eigenvalue weighted by Crippen LogP contribution is 2.24. The van der Waals surface area contributed by atoms with Gasteiger partial charge in [-0.1, -0.05) is 12.1 Å². The molecule has 0 fully saturated rings. The highest BCUT2D eigenvalue weighted by atomic mass is 79.9. The third kappa shape index (κ3) is 4.83. The number of hydrogen-bond donors (Lipinski definition) is 1. The molecular weight excluding hydrogens is 372 g/mol. The molecule has 0 radical (unpaired) electrons. The molecule has 0 unspecified atom stereocenters. The van der Waals surface area contributed by atoms with Crippen LogP contribution in [-0.4, -0.2) is 25.8 Å². The zero-order chi connectivity index (χ0) is 17.5. The molecule has 1 N–H and O–H groups in total. The maximum absolute atomic E-state index is 11.8. The average molecular weight is 391 g/mol. The van der Waals surface area contributed by atoms with E-state index in [0.29, 0.717) is 5.75 Å². The van der Waals surface area contributed by atoms with Crippen molar-refractivity contribution in [2.45, 2.75) is 13.8 Å². The zero-order valence-electron chi connectivity index (χ0n) is 13.8. The van der Waals surface area contributed by atoms with E-state index in [4.69, 9.17) is 9.47 Å². The summed E-state index contributed by atoms with van der Waals surface area (Å²) < 4.78 is 11.5. The van der Waals surface area contributed by atoms with Gasteiger partial charge in [-0.05, 0) is 70.7 Å². The molecule has 0 aliphatic heterocycles. The lowest BCUT2D eigenvalue weighted by molar-refractivity contribution is -0.123. The largest absolute Gasteiger partial charge is 0.496 e. The lowest BCUT2D eigenvalue weighted by Gasteiger charge is -2.09. The van der Waals surface area contributed by atoms with E-state index in [9.17, 15) is 4.79 Å². The molecule has 6 heteroatoms. The number of rotatable bonds is 6. The molecule has 0 heterocycles. The van der Waals surface area contributed by atoms with Gasteiger partial charge in [0.25, 0.3) is 5.91 Å². The number of aryl methyl sites for hydroxylation is 1. The van der Waals surface area contributed by atoms with Crippen LogP contribution in [0.5, 0.6) is 11.5 Å². The molecule has 0 saturated heterocycles. The predicted molar refractivity (Wildman–Crippen MR) is 97.8 cm³/mol. The van der Waals surface area contributed by atoms with Gasteiger partial charge in [0, 0.05) is 0 Å². The molecule has 126 valence electrons. The van der Waals surface area contributed by atoms with E-state index in [-0.39, 0.29) is 12.5 Å². The van der Waals surface area contributed by atoms with Crippen LogP contribution >= 0.6 is 15.9 Å². The second-order valence-electron chi connectivity index (χ2n) is 5.17. The van der Waals surface area contributed by atoms with Gasteiger partial charge in [0.1, 0.15) is 11.5 Å². The lowest BCUT2D eigenvalue weighted by Crippen LogP contribution is -2.24. The molecule has 0 aliphatic rings. The van der Waals surface area contributed by atoms with Gasteiger partial charge in [-0.3, -0.25) is 4.79 Å². The number of hydrazone groups is 1. The Bertz CT molecular complexity index is 760. The van der Waals surface area contributed by atoms with Crippen molar-refractivity contribution in [1.29, 1.82) is 0 Å². The monoisotopic (exact) mass is 390 g/mol. The number of halogens is 1. The maximum atomic E-state index is 11.8. The minimum Gasteiger partial charge on any atom is -0.496 e. The second kappa shape index (κ2) is 8.49. The van der Waals surface area contributed by atoms with Crippen LogP contribution < -0.4 is 14.9 Å². The fraction of sp³-hybridized carbons (Fsp3) is 0.222. The molecule has 0 spiro atoms. The molecule has 0 bridgehead atoms. The van der Waals surface area contributed by atoms with Crippen LogP contribution in [0.25, 0.3) is 0 Å². The van der Waals surface area contributed by atoms with Crippen LogP contribution in [-0.2, 0) is 4.79 Å². The van der Waals surface area contributed by atoms with E-state index in [0.717, 1.165) is 26.9 Å². The molecule has 0 aromatic heterocycles. The summed E-state index contributed by atoms with van der Waals surface area (Å²) in [7, 11) is 1.60. The highest BCUT2D eigenvalue weighted by Gasteiger charge is 2.05. The molecule has 0 atom stereocenters. The fourth-order valence-corrected chi connectivity index (χ4v) is 2.56. The predicted octanol–water partition coefficient (Wildman–Crippen LogP) is 3.60. The number of methoxy groups -OCH3 is 1. The summed E-state index contributed by atoms with van der Waals surface area (Å²) in [5.41, 5.74) is 5.42. The maximum Gasteiger partial charge on any atom is 0.277 e. The van der Waals surface area contributed by atoms with Gasteiger partial charge in [-0.2, -0.15) is 5.10 Å². The number of carbonyl (C=O) groups excluding carboxylic acids is 1. The van der Waals surface area contributed by atoms with Crippen LogP contribution in [0.1, 0.15) is 16.7 Å². The Labute approximate surface area is 149 Å². The van der Waals surface area contributed by atoms with Gasteiger partial charge < -0.3 is 9.47 Å². The number of amides is 1. The Kier molecular flexibility index (Phi) is 6.37. The Morgan fingerprint density at radius 2 is 2.04 bits per heavy atom. The Balaban J connectivity index is 1.86. The molecule has 2 aromatic carbocycles. The quantitative estimate of drug-likeness (QED) is 0.605. The van der Waals surface area contributed by atoms with E-state index in [1.54, 1.807) is 13.3 Å². The Morgan fingerprint density at radius 3 is 2.75 bits per heavy atom. The van der Waals surface area contributed by atoms with E-state index < -0.39 is 0 Å². The number of nitrogens with one attached hydrogen (secondary N) is 1. The van der Waals surface area contributed by atoms with Crippen molar-refractivity contribution in [2.24, 2.45) is 5.10 Å². The van der Waals surface area contributed by atoms with E-state index in [2.05, 4.69) is 26.5 Å². The van der Waals surface area contributed by atoms with E-state index in [1.165, 1.54) is 0 Å². The van der Waals surface area contributed by atoms with Crippen LogP contribution in [0, 0.1) is 13.8 Å². The number of benzene rings is 2. The summed E-state index contributed by atoms with van der Waals surface area (Å²) in [6.07, 6.45) is 1.56. The normalized spacial score (nSPS) is 10.7. The van der Waals surface area contributed by atoms with E-state index in [1.807, 2.05) is 50.2 Å². The Morgan fingerprint density at radius 1 is 1.25 bits per heavy atom. The van der Waals surface area contributed by atoms with Crippen molar-refractivity contribution in [3.05, 3.63) is 57.6 Å². The highest BCUT2D eigenvalue weighted by molar-refractivity contribution is 9.10. The summed E-state index contributed by atoms with van der Waals surface area (Å²) in [6.45, 7) is 3.87. The SMILES string of the molecule is COc1ccc(C=NNC(=O)COc2cccc(C)c2C)cc1Br. The second-order valence-corrected chi connectivity index (χ2v) is 6.03. The first kappa shape index (κ1) is 18.0. The van der Waals surface area contributed by atoms with Crippen LogP contribution in [0.4, 0.5) is 0 Å². The van der Waals surface area contributed by atoms with E-state index >= 15 is 0 Å². The minimum atomic E-state index is -0.320. The first-order chi connectivity index (χ1) is 11.5. The minimum absolute atomic E-state index is 0.0893. The standard InChI is InChI=1S/C18H19BrN2O3/c1-12-5-4-6-16(13(12)2)24-11-18(22)21-20-10-14-7-8-17(23-3)15(19)9-14/h4-10H,11H2,1-3H3,(H,21,22). The average Bonchev–Trinajstić information content (AvgIpc) is 2.56. The summed E-state index contributed by atoms with van der Waals surface area (Å²) in [4.78, 5) is 11.8. The van der Waals surface area contributed by atoms with Gasteiger partial charge in [0.15, 0.2) is 6.61 Å². The molecule has 0 aliphatic carbocycles. The van der Waals surface area contributed by atoms with Crippen molar-refractivity contribution in [3.63, 3.8) is 0 Å². The summed E-state index contributed by atoms with van der Waals surface area (Å²) >= 11 is 3.40. The number of nitrogens with zero attached hydrogens (tertiary/aromatic N) is 1. The Hall–Kier alpha value is -2.34. The number of ether oxygens (including phenoxy) is 2.